The SMILES string of the molecule is CC1Cc2ccccc2CN1S(=O)(=O)c1ccccc1C#N. The van der Waals surface area contributed by atoms with E-state index in [9.17, 15) is 13.7 Å². The number of rotatable bonds is 2. The standard InChI is InChI=1S/C17H16N2O2S/c1-13-10-14-6-2-3-8-16(14)12-19(13)22(20,21)17-9-5-4-7-15(17)11-18/h2-9,13H,10,12H2,1H3. The zero-order chi connectivity index (χ0) is 15.7. The molecule has 2 aromatic carbocycles. The third-order valence-electron chi connectivity index (χ3n) is 4.05. The van der Waals surface area contributed by atoms with E-state index in [0.29, 0.717) is 13.0 Å². The van der Waals surface area contributed by atoms with E-state index in [4.69, 9.17) is 0 Å². The molecule has 0 spiro atoms. The van der Waals surface area contributed by atoms with Gasteiger partial charge in [0.1, 0.15) is 6.07 Å². The lowest BCUT2D eigenvalue weighted by atomic mass is 9.97. The molecular weight excluding hydrogens is 296 g/mol. The minimum Gasteiger partial charge on any atom is -0.207 e. The van der Waals surface area contributed by atoms with E-state index in [1.54, 1.807) is 12.1 Å². The second-order valence-electron chi connectivity index (χ2n) is 5.48. The highest BCUT2D eigenvalue weighted by Crippen LogP contribution is 2.29. The lowest BCUT2D eigenvalue weighted by Gasteiger charge is -2.34. The minimum atomic E-state index is -3.69. The molecule has 4 nitrogen and oxygen atoms in total. The largest absolute Gasteiger partial charge is 0.244 e. The first-order valence-corrected chi connectivity index (χ1v) is 8.56. The molecule has 0 saturated carbocycles. The Morgan fingerprint density at radius 2 is 1.73 bits per heavy atom. The van der Waals surface area contributed by atoms with Crippen molar-refractivity contribution >= 4 is 10.0 Å². The van der Waals surface area contributed by atoms with Crippen LogP contribution in [-0.4, -0.2) is 18.8 Å². The number of hydrogen-bond acceptors (Lipinski definition) is 3. The van der Waals surface area contributed by atoms with Crippen LogP contribution in [-0.2, 0) is 23.0 Å². The molecule has 1 aliphatic heterocycles. The molecule has 0 bridgehead atoms. The summed E-state index contributed by atoms with van der Waals surface area (Å²) in [4.78, 5) is 0.0868. The van der Waals surface area contributed by atoms with Crippen LogP contribution in [0.2, 0.25) is 0 Å². The van der Waals surface area contributed by atoms with Crippen LogP contribution in [0.3, 0.4) is 0 Å². The van der Waals surface area contributed by atoms with E-state index in [2.05, 4.69) is 0 Å². The van der Waals surface area contributed by atoms with Crippen molar-refractivity contribution in [2.24, 2.45) is 0 Å². The minimum absolute atomic E-state index is 0.0868. The molecule has 0 aromatic heterocycles. The summed E-state index contributed by atoms with van der Waals surface area (Å²) in [6, 6.07) is 16.1. The molecular formula is C17H16N2O2S. The summed E-state index contributed by atoms with van der Waals surface area (Å²) in [6.07, 6.45) is 0.685. The van der Waals surface area contributed by atoms with Crippen LogP contribution in [0.15, 0.2) is 53.4 Å². The average Bonchev–Trinajstić information content (AvgIpc) is 2.54. The molecule has 1 heterocycles. The maximum atomic E-state index is 13.0. The second kappa shape index (κ2) is 5.56. The molecule has 0 radical (unpaired) electrons. The Labute approximate surface area is 130 Å². The van der Waals surface area contributed by atoms with Gasteiger partial charge in [-0.3, -0.25) is 0 Å². The van der Waals surface area contributed by atoms with Gasteiger partial charge in [-0.25, -0.2) is 8.42 Å². The van der Waals surface area contributed by atoms with E-state index in [1.807, 2.05) is 37.3 Å². The van der Waals surface area contributed by atoms with E-state index in [0.717, 1.165) is 5.56 Å². The fourth-order valence-electron chi connectivity index (χ4n) is 2.89. The fourth-order valence-corrected chi connectivity index (χ4v) is 4.64. The van der Waals surface area contributed by atoms with Gasteiger partial charge in [-0.1, -0.05) is 36.4 Å². The number of nitrogens with zero attached hydrogens (tertiary/aromatic N) is 2. The van der Waals surface area contributed by atoms with Crippen molar-refractivity contribution in [3.63, 3.8) is 0 Å². The van der Waals surface area contributed by atoms with Crippen molar-refractivity contribution in [1.82, 2.24) is 4.31 Å². The molecule has 1 unspecified atom stereocenters. The fraction of sp³-hybridized carbons (Fsp3) is 0.235. The molecule has 0 amide bonds. The predicted molar refractivity (Wildman–Crippen MR) is 83.5 cm³/mol. The molecule has 0 aliphatic carbocycles. The van der Waals surface area contributed by atoms with Gasteiger partial charge in [-0.05, 0) is 36.6 Å². The van der Waals surface area contributed by atoms with Crippen molar-refractivity contribution in [2.75, 3.05) is 0 Å². The van der Waals surface area contributed by atoms with E-state index < -0.39 is 10.0 Å². The second-order valence-corrected chi connectivity index (χ2v) is 7.34. The summed E-state index contributed by atoms with van der Waals surface area (Å²) in [6.45, 7) is 2.25. The monoisotopic (exact) mass is 312 g/mol. The molecule has 2 aromatic rings. The summed E-state index contributed by atoms with van der Waals surface area (Å²) in [5.74, 6) is 0. The number of benzene rings is 2. The third kappa shape index (κ3) is 2.41. The number of hydrogen-bond donors (Lipinski definition) is 0. The Balaban J connectivity index is 2.05. The highest BCUT2D eigenvalue weighted by atomic mass is 32.2. The van der Waals surface area contributed by atoms with Gasteiger partial charge >= 0.3 is 0 Å². The molecule has 22 heavy (non-hydrogen) atoms. The Hall–Kier alpha value is -2.16. The van der Waals surface area contributed by atoms with E-state index in [1.165, 1.54) is 22.0 Å². The first-order chi connectivity index (χ1) is 10.5. The predicted octanol–water partition coefficient (Wildman–Crippen LogP) is 2.69. The smallest absolute Gasteiger partial charge is 0.207 e. The highest BCUT2D eigenvalue weighted by Gasteiger charge is 2.34. The third-order valence-corrected chi connectivity index (χ3v) is 6.06. The number of sulfonamides is 1. The summed E-state index contributed by atoms with van der Waals surface area (Å²) in [7, 11) is -3.69. The molecule has 112 valence electrons. The van der Waals surface area contributed by atoms with Crippen molar-refractivity contribution in [2.45, 2.75) is 30.8 Å². The van der Waals surface area contributed by atoms with Crippen molar-refractivity contribution < 1.29 is 8.42 Å². The van der Waals surface area contributed by atoms with Gasteiger partial charge in [0, 0.05) is 12.6 Å². The average molecular weight is 312 g/mol. The number of nitriles is 1. The van der Waals surface area contributed by atoms with Crippen LogP contribution < -0.4 is 0 Å². The van der Waals surface area contributed by atoms with Crippen LogP contribution in [0.25, 0.3) is 0 Å². The van der Waals surface area contributed by atoms with Gasteiger partial charge in [0.15, 0.2) is 0 Å². The Kier molecular flexibility index (Phi) is 3.73. The lowest BCUT2D eigenvalue weighted by Crippen LogP contribution is -2.42. The Morgan fingerprint density at radius 1 is 1.09 bits per heavy atom. The zero-order valence-electron chi connectivity index (χ0n) is 12.2. The molecule has 0 fully saturated rings. The van der Waals surface area contributed by atoms with Gasteiger partial charge in [0.25, 0.3) is 0 Å². The van der Waals surface area contributed by atoms with Crippen molar-refractivity contribution in [1.29, 1.82) is 5.26 Å². The first-order valence-electron chi connectivity index (χ1n) is 7.12. The van der Waals surface area contributed by atoms with Crippen LogP contribution >= 0.6 is 0 Å². The molecule has 0 N–H and O–H groups in total. The van der Waals surface area contributed by atoms with Gasteiger partial charge < -0.3 is 0 Å². The van der Waals surface area contributed by atoms with E-state index >= 15 is 0 Å². The maximum absolute atomic E-state index is 13.0. The molecule has 1 atom stereocenters. The summed E-state index contributed by atoms with van der Waals surface area (Å²) < 4.78 is 27.4. The molecule has 0 saturated heterocycles. The van der Waals surface area contributed by atoms with Gasteiger partial charge in [-0.2, -0.15) is 9.57 Å². The molecule has 5 heteroatoms. The van der Waals surface area contributed by atoms with Crippen LogP contribution in [0.5, 0.6) is 0 Å². The Bertz CT molecular complexity index is 853. The lowest BCUT2D eigenvalue weighted by molar-refractivity contribution is 0.309. The first kappa shape index (κ1) is 14.8. The summed E-state index contributed by atoms with van der Waals surface area (Å²) in [5.41, 5.74) is 2.40. The quantitative estimate of drug-likeness (QED) is 0.856. The van der Waals surface area contributed by atoms with Crippen molar-refractivity contribution in [3.05, 3.63) is 65.2 Å². The maximum Gasteiger partial charge on any atom is 0.244 e. The number of fused-ring (bicyclic) bond motifs is 1. The van der Waals surface area contributed by atoms with Gasteiger partial charge in [0.05, 0.1) is 10.5 Å². The van der Waals surface area contributed by atoms with Crippen molar-refractivity contribution in [3.8, 4) is 6.07 Å². The zero-order valence-corrected chi connectivity index (χ0v) is 13.0. The summed E-state index contributed by atoms with van der Waals surface area (Å²) >= 11 is 0. The molecule has 1 aliphatic rings. The topological polar surface area (TPSA) is 61.2 Å². The van der Waals surface area contributed by atoms with Crippen LogP contribution in [0.4, 0.5) is 0 Å². The normalized spacial score (nSPS) is 18.5. The van der Waals surface area contributed by atoms with E-state index in [-0.39, 0.29) is 16.5 Å². The van der Waals surface area contributed by atoms with Gasteiger partial charge in [0.2, 0.25) is 10.0 Å². The van der Waals surface area contributed by atoms with Crippen LogP contribution in [0.1, 0.15) is 23.6 Å². The Morgan fingerprint density at radius 3 is 2.45 bits per heavy atom. The van der Waals surface area contributed by atoms with Gasteiger partial charge in [-0.15, -0.1) is 0 Å². The van der Waals surface area contributed by atoms with Crippen LogP contribution in [0, 0.1) is 11.3 Å². The molecule has 3 rings (SSSR count). The highest BCUT2D eigenvalue weighted by molar-refractivity contribution is 7.89. The summed E-state index contributed by atoms with van der Waals surface area (Å²) in [5, 5.41) is 9.17.